The third-order valence-corrected chi connectivity index (χ3v) is 27.2. The Balaban J connectivity index is 0. The maximum atomic E-state index is 12.5. The molecule has 0 radical (unpaired) electrons. The van der Waals surface area contributed by atoms with Gasteiger partial charge in [0.05, 0.1) is 0 Å². The molecule has 121 valence electrons. The van der Waals surface area contributed by atoms with Gasteiger partial charge in [0.15, 0.2) is 0 Å². The summed E-state index contributed by atoms with van der Waals surface area (Å²) >= 11 is -1.99. The van der Waals surface area contributed by atoms with Crippen molar-refractivity contribution in [3.05, 3.63) is 21.6 Å². The number of unbranched alkanes of at least 4 members (excludes halogenated alkanes) is 1. The smallest absolute Gasteiger partial charge is 1.00 e. The van der Waals surface area contributed by atoms with Crippen LogP contribution in [0.4, 0.5) is 0 Å². The summed E-state index contributed by atoms with van der Waals surface area (Å²) in [5.41, 5.74) is 0. The summed E-state index contributed by atoms with van der Waals surface area (Å²) in [7, 11) is 0. The van der Waals surface area contributed by atoms with Crippen LogP contribution >= 0.6 is 0 Å². The molecule has 21 heavy (non-hydrogen) atoms. The molecule has 6 heteroatoms. The molecule has 1 rings (SSSR count). The number of hydrogen-bond donors (Lipinski definition) is 1. The van der Waals surface area contributed by atoms with E-state index in [-0.39, 0.29) is 30.7 Å². The maximum Gasteiger partial charge on any atom is -1.00 e. The van der Waals surface area contributed by atoms with Crippen LogP contribution in [0.5, 0.6) is 0 Å². The molecule has 1 atom stereocenters. The second-order valence-corrected chi connectivity index (χ2v) is 31.3. The Kier molecular flexibility index (Phi) is 14.9. The summed E-state index contributed by atoms with van der Waals surface area (Å²) in [4.78, 5) is 12.5. The van der Waals surface area contributed by atoms with Gasteiger partial charge >= 0.3 is 127 Å². The third-order valence-electron chi connectivity index (χ3n) is 3.72. The van der Waals surface area contributed by atoms with Crippen molar-refractivity contribution in [3.8, 4) is 0 Å². The Morgan fingerprint density at radius 2 is 2.05 bits per heavy atom. The largest absolute Gasteiger partial charge is 1.00 e. The molecule has 0 spiro atoms. The van der Waals surface area contributed by atoms with E-state index in [1.807, 2.05) is 0 Å². The first kappa shape index (κ1) is 23.9. The molecular weight excluding hydrogens is 488 g/mol. The average Bonchev–Trinajstić information content (AvgIpc) is 2.90. The predicted octanol–water partition coefficient (Wildman–Crippen LogP) is -2.31. The first-order valence-corrected chi connectivity index (χ1v) is 20.3. The van der Waals surface area contributed by atoms with Crippen LogP contribution in [-0.2, 0) is 25.7 Å². The van der Waals surface area contributed by atoms with Gasteiger partial charge in [0.2, 0.25) is 0 Å². The molecule has 0 aromatic carbocycles. The van der Waals surface area contributed by atoms with Gasteiger partial charge in [-0.15, -0.1) is 0 Å². The molecule has 0 bridgehead atoms. The van der Waals surface area contributed by atoms with E-state index in [0.29, 0.717) is 5.91 Å². The third kappa shape index (κ3) is 8.15. The Hall–Kier alpha value is 0.617. The molecule has 1 aliphatic rings. The van der Waals surface area contributed by atoms with Crippen LogP contribution in [0.2, 0.25) is 13.1 Å². The van der Waals surface area contributed by atoms with Crippen LogP contribution in [-0.4, -0.2) is 11.9 Å². The van der Waals surface area contributed by atoms with Crippen molar-refractivity contribution in [2.24, 2.45) is 5.92 Å². The molecule has 1 aliphatic carbocycles. The van der Waals surface area contributed by atoms with Crippen LogP contribution in [0.25, 0.3) is 0 Å². The standard InChI is InChI=1S/C8H17NO.C5H5.C2H7Si.2ClH.Hf/c1-3-5-6-7(4-2)8(9)10;1-2-4-5-3-1;1-3-2;;;/h7H,3-6H2,1-2H3,(H2,9,10);1-3H,4H2;3H,1-2H3;2*1H;/q;;;;;+3/p-3. The van der Waals surface area contributed by atoms with E-state index in [9.17, 15) is 4.79 Å². The summed E-state index contributed by atoms with van der Waals surface area (Å²) < 4.78 is 5.16. The Labute approximate surface area is 151 Å². The second-order valence-electron chi connectivity index (χ2n) is 5.63. The molecule has 1 amide bonds. The van der Waals surface area contributed by atoms with Gasteiger partial charge in [-0.3, -0.25) is 0 Å². The molecule has 0 saturated carbocycles. The Morgan fingerprint density at radius 3 is 2.48 bits per heavy atom. The Bertz CT molecular complexity index is 362. The van der Waals surface area contributed by atoms with E-state index >= 15 is 0 Å². The van der Waals surface area contributed by atoms with Gasteiger partial charge in [-0.2, -0.15) is 0 Å². The van der Waals surface area contributed by atoms with E-state index in [4.69, 9.17) is 0 Å². The molecule has 0 fully saturated rings. The number of carbonyl (C=O) groups is 1. The minimum Gasteiger partial charge on any atom is -1.00 e. The number of carbonyl (C=O) groups excluding carboxylic acids is 1. The van der Waals surface area contributed by atoms with Gasteiger partial charge in [0.1, 0.15) is 0 Å². The van der Waals surface area contributed by atoms with Gasteiger partial charge in [-0.25, -0.2) is 0 Å². The number of amides is 1. The SMILES string of the molecule is CCCCC(CC)C(=O)[NH][Hf+2]([C]1=CC=CC1)[SiH](C)C.[Cl-].[Cl-]. The quantitative estimate of drug-likeness (QED) is 0.362. The van der Waals surface area contributed by atoms with Crippen molar-refractivity contribution in [3.63, 3.8) is 0 Å². The molecule has 1 N–H and O–H groups in total. The van der Waals surface area contributed by atoms with Gasteiger partial charge in [-0.1, -0.05) is 0 Å². The molecule has 0 aliphatic heterocycles. The van der Waals surface area contributed by atoms with E-state index in [0.717, 1.165) is 19.3 Å². The van der Waals surface area contributed by atoms with Crippen molar-refractivity contribution in [2.75, 3.05) is 0 Å². The van der Waals surface area contributed by atoms with Gasteiger partial charge in [0, 0.05) is 0 Å². The molecule has 0 aromatic rings. The number of rotatable bonds is 8. The first-order valence-electron chi connectivity index (χ1n) is 7.63. The van der Waals surface area contributed by atoms with Crippen LogP contribution in [0.15, 0.2) is 21.6 Å². The molecular formula is C15H28Cl2HfNOSi. The zero-order valence-corrected chi connectivity index (χ0v) is 19.8. The van der Waals surface area contributed by atoms with E-state index in [1.165, 1.54) is 12.8 Å². The first-order chi connectivity index (χ1) is 9.10. The maximum absolute atomic E-state index is 12.5. The molecule has 0 aromatic heterocycles. The summed E-state index contributed by atoms with van der Waals surface area (Å²) in [6, 6.07) is 0. The van der Waals surface area contributed by atoms with Gasteiger partial charge in [-0.05, 0) is 0 Å². The van der Waals surface area contributed by atoms with Crippen LogP contribution < -0.4 is 28.1 Å². The van der Waals surface area contributed by atoms with Crippen LogP contribution in [0.3, 0.4) is 0 Å². The van der Waals surface area contributed by atoms with Gasteiger partial charge < -0.3 is 24.8 Å². The van der Waals surface area contributed by atoms with E-state index in [1.54, 1.807) is 3.33 Å². The predicted molar refractivity (Wildman–Crippen MR) is 82.2 cm³/mol. The molecule has 2 nitrogen and oxygen atoms in total. The number of halogens is 2. The van der Waals surface area contributed by atoms with Crippen molar-refractivity contribution in [1.82, 2.24) is 3.30 Å². The normalized spacial score (nSPS) is 14.0. The fourth-order valence-electron chi connectivity index (χ4n) is 2.45. The van der Waals surface area contributed by atoms with Crippen molar-refractivity contribution < 1.29 is 50.5 Å². The van der Waals surface area contributed by atoms with Crippen LogP contribution in [0, 0.1) is 5.92 Å². The van der Waals surface area contributed by atoms with Crippen molar-refractivity contribution >= 4 is 11.9 Å². The van der Waals surface area contributed by atoms with E-state index < -0.39 is 26.9 Å². The van der Waals surface area contributed by atoms with Gasteiger partial charge in [0.25, 0.3) is 0 Å². The van der Waals surface area contributed by atoms with Crippen molar-refractivity contribution in [2.45, 2.75) is 59.0 Å². The zero-order chi connectivity index (χ0) is 14.3. The Morgan fingerprint density at radius 1 is 1.38 bits per heavy atom. The number of hydrogen-bond acceptors (Lipinski definition) is 1. The topological polar surface area (TPSA) is 29.1 Å². The second kappa shape index (κ2) is 13.1. The molecule has 0 saturated heterocycles. The summed E-state index contributed by atoms with van der Waals surface area (Å²) in [5.74, 6) is -0.0813. The monoisotopic (exact) mass is 516 g/mol. The minimum absolute atomic E-state index is 0. The minimum atomic E-state index is -1.99. The fraction of sp³-hybridized carbons (Fsp3) is 0.667. The molecule has 0 heterocycles. The summed E-state index contributed by atoms with van der Waals surface area (Å²) in [6.07, 6.45) is 12.2. The molecule has 1 unspecified atom stereocenters. The number of allylic oxidation sites excluding steroid dienone is 4. The summed E-state index contributed by atoms with van der Waals surface area (Å²) in [5, 5.41) is 0. The fourth-order valence-corrected chi connectivity index (χ4v) is 22.0. The zero-order valence-electron chi connectivity index (χ0n) is 13.6. The van der Waals surface area contributed by atoms with Crippen molar-refractivity contribution in [1.29, 1.82) is 0 Å². The average molecular weight is 516 g/mol. The number of nitrogens with one attached hydrogen (secondary N) is 1. The van der Waals surface area contributed by atoms with Crippen LogP contribution in [0.1, 0.15) is 46.0 Å². The van der Waals surface area contributed by atoms with E-state index in [2.05, 4.69) is 48.5 Å². The summed E-state index contributed by atoms with van der Waals surface area (Å²) in [6.45, 7) is 9.17.